The van der Waals surface area contributed by atoms with Gasteiger partial charge in [0, 0.05) is 71.0 Å². The zero-order valence-corrected chi connectivity index (χ0v) is 29.4. The van der Waals surface area contributed by atoms with Crippen LogP contribution < -0.4 is 9.64 Å². The van der Waals surface area contributed by atoms with Gasteiger partial charge in [0.1, 0.15) is 11.4 Å². The van der Waals surface area contributed by atoms with Crippen LogP contribution in [0.15, 0.2) is 54.7 Å². The molecule has 1 aliphatic heterocycles. The van der Waals surface area contributed by atoms with E-state index < -0.39 is 0 Å². The lowest BCUT2D eigenvalue weighted by Crippen LogP contribution is -2.42. The summed E-state index contributed by atoms with van der Waals surface area (Å²) in [5.74, 6) is 0.800. The summed E-state index contributed by atoms with van der Waals surface area (Å²) in [6.07, 6.45) is 3.46. The van der Waals surface area contributed by atoms with Crippen molar-refractivity contribution in [1.82, 2.24) is 18.9 Å². The molecule has 0 saturated carbocycles. The highest BCUT2D eigenvalue weighted by Gasteiger charge is 2.37. The molecule has 9 heteroatoms. The van der Waals surface area contributed by atoms with E-state index in [-0.39, 0.29) is 11.9 Å². The minimum absolute atomic E-state index is 0.00257. The number of benzene rings is 3. The number of anilines is 1. The lowest BCUT2D eigenvalue weighted by Gasteiger charge is -2.34. The van der Waals surface area contributed by atoms with Crippen molar-refractivity contribution >= 4 is 56.6 Å². The monoisotopic (exact) mass is 667 g/mol. The number of nitrogens with zero attached hydrogens (tertiary/aromatic N) is 5. The molecular weight excluding hydrogens is 629 g/mol. The molecule has 1 amide bonds. The molecule has 47 heavy (non-hydrogen) atoms. The summed E-state index contributed by atoms with van der Waals surface area (Å²) in [7, 11) is 3.99. The highest BCUT2D eigenvalue weighted by Crippen LogP contribution is 2.45. The fraction of sp³-hybridized carbons (Fsp3) is 0.316. The number of rotatable bonds is 7. The van der Waals surface area contributed by atoms with Gasteiger partial charge < -0.3 is 18.8 Å². The number of aryl methyl sites for hydroxylation is 6. The highest BCUT2D eigenvalue weighted by molar-refractivity contribution is 6.35. The smallest absolute Gasteiger partial charge is 0.275 e. The van der Waals surface area contributed by atoms with E-state index in [2.05, 4.69) is 47.4 Å². The summed E-state index contributed by atoms with van der Waals surface area (Å²) in [5.41, 5.74) is 10.6. The van der Waals surface area contributed by atoms with Crippen molar-refractivity contribution in [2.45, 2.75) is 53.5 Å². The second-order valence-corrected chi connectivity index (χ2v) is 13.7. The molecule has 0 saturated heterocycles. The second kappa shape index (κ2) is 11.8. The van der Waals surface area contributed by atoms with E-state index in [1.54, 1.807) is 0 Å². The Labute approximate surface area is 285 Å². The maximum Gasteiger partial charge on any atom is 0.275 e. The Morgan fingerprint density at radius 2 is 1.68 bits per heavy atom. The van der Waals surface area contributed by atoms with Crippen molar-refractivity contribution in [1.29, 1.82) is 0 Å². The van der Waals surface area contributed by atoms with E-state index in [0.29, 0.717) is 30.3 Å². The van der Waals surface area contributed by atoms with Crippen LogP contribution in [0, 0.1) is 27.7 Å². The Balaban J connectivity index is 1.37. The van der Waals surface area contributed by atoms with E-state index in [1.807, 2.05) is 74.8 Å². The lowest BCUT2D eigenvalue weighted by atomic mass is 9.98. The number of amides is 1. The third-order valence-corrected chi connectivity index (χ3v) is 10.6. The van der Waals surface area contributed by atoms with Crippen LogP contribution in [0.25, 0.3) is 32.9 Å². The highest BCUT2D eigenvalue weighted by atomic mass is 35.5. The lowest BCUT2D eigenvalue weighted by molar-refractivity contribution is 0.0957. The molecule has 0 fully saturated rings. The van der Waals surface area contributed by atoms with E-state index >= 15 is 0 Å². The average molecular weight is 669 g/mol. The van der Waals surface area contributed by atoms with Crippen LogP contribution in [0.3, 0.4) is 0 Å². The number of hydrogen-bond donors (Lipinski definition) is 0. The first kappa shape index (κ1) is 31.4. The molecule has 0 bridgehead atoms. The molecule has 1 aliphatic rings. The zero-order valence-electron chi connectivity index (χ0n) is 27.9. The second-order valence-electron chi connectivity index (χ2n) is 12.9. The molecule has 7 nitrogen and oxygen atoms in total. The van der Waals surface area contributed by atoms with Gasteiger partial charge in [-0.25, -0.2) is 0 Å². The molecule has 3 aromatic carbocycles. The van der Waals surface area contributed by atoms with Crippen molar-refractivity contribution in [2.24, 2.45) is 14.1 Å². The van der Waals surface area contributed by atoms with Crippen molar-refractivity contribution in [2.75, 3.05) is 18.1 Å². The van der Waals surface area contributed by atoms with Crippen LogP contribution in [0.4, 0.5) is 5.69 Å². The fourth-order valence-electron chi connectivity index (χ4n) is 7.47. The molecule has 7 rings (SSSR count). The van der Waals surface area contributed by atoms with E-state index in [4.69, 9.17) is 33.0 Å². The largest absolute Gasteiger partial charge is 0.494 e. The van der Waals surface area contributed by atoms with Crippen LogP contribution >= 0.6 is 23.2 Å². The third-order valence-electron chi connectivity index (χ3n) is 9.73. The first-order chi connectivity index (χ1) is 22.5. The van der Waals surface area contributed by atoms with E-state index in [1.165, 1.54) is 0 Å². The SMILES string of the molecule is Cc1cc(OCCCc2c3n(c4c(-c5c(C)nn(C)c5C)c(Cl)ccc24)C(C)CN(c2cn(C)c4ccccc24)C3=O)cc(C)c1Cl. The van der Waals surface area contributed by atoms with Gasteiger partial charge in [0.05, 0.1) is 28.5 Å². The third kappa shape index (κ3) is 5.02. The Hall–Kier alpha value is -4.20. The van der Waals surface area contributed by atoms with Gasteiger partial charge in [0.25, 0.3) is 5.91 Å². The minimum atomic E-state index is -0.0105. The van der Waals surface area contributed by atoms with Crippen LogP contribution in [0.1, 0.15) is 58.0 Å². The Bertz CT molecular complexity index is 2200. The van der Waals surface area contributed by atoms with E-state index in [0.717, 1.165) is 83.9 Å². The number of halogens is 2. The summed E-state index contributed by atoms with van der Waals surface area (Å²) in [6.45, 7) is 11.3. The average Bonchev–Trinajstić information content (AvgIpc) is 3.64. The Kier molecular flexibility index (Phi) is 7.88. The molecule has 1 unspecified atom stereocenters. The molecule has 1 atom stereocenters. The van der Waals surface area contributed by atoms with Crippen LogP contribution in [-0.2, 0) is 20.5 Å². The summed E-state index contributed by atoms with van der Waals surface area (Å²) in [6, 6.07) is 16.2. The van der Waals surface area contributed by atoms with Gasteiger partial charge in [-0.2, -0.15) is 5.10 Å². The number of aromatic nitrogens is 4. The molecule has 242 valence electrons. The van der Waals surface area contributed by atoms with Crippen LogP contribution in [-0.4, -0.2) is 38.0 Å². The summed E-state index contributed by atoms with van der Waals surface area (Å²) < 4.78 is 12.5. The van der Waals surface area contributed by atoms with Crippen molar-refractivity contribution in [3.05, 3.63) is 98.5 Å². The molecule has 0 N–H and O–H groups in total. The first-order valence-corrected chi connectivity index (χ1v) is 16.8. The van der Waals surface area contributed by atoms with Gasteiger partial charge in [-0.05, 0) is 88.4 Å². The zero-order chi connectivity index (χ0) is 33.3. The number of carbonyl (C=O) groups excluding carboxylic acids is 1. The molecule has 0 aliphatic carbocycles. The molecule has 4 heterocycles. The first-order valence-electron chi connectivity index (χ1n) is 16.1. The van der Waals surface area contributed by atoms with Gasteiger partial charge in [-0.15, -0.1) is 0 Å². The van der Waals surface area contributed by atoms with Crippen molar-refractivity contribution in [3.8, 4) is 16.9 Å². The van der Waals surface area contributed by atoms with Crippen molar-refractivity contribution in [3.63, 3.8) is 0 Å². The Morgan fingerprint density at radius 1 is 0.957 bits per heavy atom. The molecular formula is C38H39Cl2N5O2. The molecule has 3 aromatic heterocycles. The van der Waals surface area contributed by atoms with E-state index in [9.17, 15) is 4.79 Å². The quantitative estimate of drug-likeness (QED) is 0.159. The fourth-order valence-corrected chi connectivity index (χ4v) is 7.83. The molecule has 0 radical (unpaired) electrons. The Morgan fingerprint density at radius 3 is 2.38 bits per heavy atom. The number of para-hydroxylation sites is 1. The number of ether oxygens (including phenoxy) is 1. The van der Waals surface area contributed by atoms with Crippen molar-refractivity contribution < 1.29 is 9.53 Å². The standard InChI is InChI=1S/C38H39Cl2N5O2/c1-21-17-26(18-22(2)35(21)40)47-16-10-12-27-28-14-15-30(39)34(33-24(4)41-43(7)25(33)5)36(28)45-23(3)19-44(38(46)37(27)45)32-20-42(6)31-13-9-8-11-29(31)32/h8-9,11,13-15,17-18,20,23H,10,12,16,19H2,1-7H3. The number of carbonyl (C=O) groups is 1. The molecule has 6 aromatic rings. The van der Waals surface area contributed by atoms with Gasteiger partial charge >= 0.3 is 0 Å². The van der Waals surface area contributed by atoms with Gasteiger partial charge in [-0.1, -0.05) is 47.5 Å². The summed E-state index contributed by atoms with van der Waals surface area (Å²) in [4.78, 5) is 16.8. The normalized spacial score (nSPS) is 14.9. The van der Waals surface area contributed by atoms with Gasteiger partial charge in [0.2, 0.25) is 0 Å². The van der Waals surface area contributed by atoms with Gasteiger partial charge in [-0.3, -0.25) is 9.48 Å². The van der Waals surface area contributed by atoms with Crippen LogP contribution in [0.2, 0.25) is 10.0 Å². The maximum absolute atomic E-state index is 14.8. The topological polar surface area (TPSA) is 57.2 Å². The predicted octanol–water partition coefficient (Wildman–Crippen LogP) is 9.31. The summed E-state index contributed by atoms with van der Waals surface area (Å²) >= 11 is 13.5. The molecule has 0 spiro atoms. The van der Waals surface area contributed by atoms with Crippen LogP contribution in [0.5, 0.6) is 5.75 Å². The summed E-state index contributed by atoms with van der Waals surface area (Å²) in [5, 5.41) is 8.24. The minimum Gasteiger partial charge on any atom is -0.494 e. The maximum atomic E-state index is 14.8. The number of fused-ring (bicyclic) bond motifs is 4. The predicted molar refractivity (Wildman–Crippen MR) is 193 cm³/mol. The van der Waals surface area contributed by atoms with Gasteiger partial charge in [0.15, 0.2) is 0 Å². The number of hydrogen-bond acceptors (Lipinski definition) is 3.